The van der Waals surface area contributed by atoms with Crippen molar-refractivity contribution in [3.63, 3.8) is 0 Å². The fraction of sp³-hybridized carbons (Fsp3) is 0. The second-order valence-corrected chi connectivity index (χ2v) is 5.08. The van der Waals surface area contributed by atoms with Gasteiger partial charge in [0.15, 0.2) is 0 Å². The number of anilines is 1. The zero-order valence-corrected chi connectivity index (χ0v) is 12.8. The van der Waals surface area contributed by atoms with E-state index in [4.69, 9.17) is 0 Å². The molecule has 0 spiro atoms. The average Bonchev–Trinajstić information content (AvgIpc) is 2.61. The highest BCUT2D eigenvalue weighted by atomic mass is 16.2. The van der Waals surface area contributed by atoms with Crippen LogP contribution in [0.5, 0.6) is 0 Å². The first-order valence-electron chi connectivity index (χ1n) is 7.40. The predicted molar refractivity (Wildman–Crippen MR) is 94.6 cm³/mol. The molecule has 3 rings (SSSR count). The van der Waals surface area contributed by atoms with Gasteiger partial charge < -0.3 is 10.3 Å². The third-order valence-corrected chi connectivity index (χ3v) is 3.34. The summed E-state index contributed by atoms with van der Waals surface area (Å²) in [6.07, 6.45) is 7.02. The standard InChI is InChI=1S/C19H15N3O2/c23-18-17(8-4-12-21-18)19(24)22-16-7-3-5-14(13-16)9-10-15-6-1-2-11-20-15/h1-13H,(H,21,23)(H,22,24). The van der Waals surface area contributed by atoms with E-state index in [2.05, 4.69) is 15.3 Å². The maximum Gasteiger partial charge on any atom is 0.261 e. The lowest BCUT2D eigenvalue weighted by Gasteiger charge is -2.05. The van der Waals surface area contributed by atoms with Crippen LogP contribution in [-0.4, -0.2) is 15.9 Å². The molecule has 2 heterocycles. The fourth-order valence-corrected chi connectivity index (χ4v) is 2.18. The number of benzene rings is 1. The number of hydrogen-bond donors (Lipinski definition) is 2. The third kappa shape index (κ3) is 3.84. The van der Waals surface area contributed by atoms with Crippen LogP contribution in [0.1, 0.15) is 21.6 Å². The summed E-state index contributed by atoms with van der Waals surface area (Å²) in [5, 5.41) is 2.73. The van der Waals surface area contributed by atoms with Crippen molar-refractivity contribution in [2.45, 2.75) is 0 Å². The highest BCUT2D eigenvalue weighted by molar-refractivity contribution is 6.04. The van der Waals surface area contributed by atoms with Crippen LogP contribution in [0.4, 0.5) is 5.69 Å². The van der Waals surface area contributed by atoms with Crippen LogP contribution in [0.25, 0.3) is 12.2 Å². The van der Waals surface area contributed by atoms with E-state index in [9.17, 15) is 9.59 Å². The molecule has 0 saturated carbocycles. The van der Waals surface area contributed by atoms with Crippen LogP contribution in [0.15, 0.2) is 71.8 Å². The molecule has 2 aromatic heterocycles. The zero-order valence-electron chi connectivity index (χ0n) is 12.8. The topological polar surface area (TPSA) is 74.8 Å². The van der Waals surface area contributed by atoms with Gasteiger partial charge in [-0.25, -0.2) is 0 Å². The van der Waals surface area contributed by atoms with E-state index in [1.54, 1.807) is 18.3 Å². The molecule has 0 aliphatic heterocycles. The minimum Gasteiger partial charge on any atom is -0.328 e. The number of hydrogen-bond acceptors (Lipinski definition) is 3. The summed E-state index contributed by atoms with van der Waals surface area (Å²) < 4.78 is 0. The van der Waals surface area contributed by atoms with Crippen LogP contribution in [0.3, 0.4) is 0 Å². The highest BCUT2D eigenvalue weighted by Gasteiger charge is 2.09. The van der Waals surface area contributed by atoms with Crippen LogP contribution in [-0.2, 0) is 0 Å². The van der Waals surface area contributed by atoms with Gasteiger partial charge in [0.25, 0.3) is 11.5 Å². The van der Waals surface area contributed by atoms with Crippen LogP contribution in [0.2, 0.25) is 0 Å². The molecule has 0 aliphatic rings. The number of aromatic amines is 1. The first kappa shape index (κ1) is 15.4. The van der Waals surface area contributed by atoms with Gasteiger partial charge in [-0.15, -0.1) is 0 Å². The summed E-state index contributed by atoms with van der Waals surface area (Å²) in [5.41, 5.74) is 2.04. The summed E-state index contributed by atoms with van der Waals surface area (Å²) in [7, 11) is 0. The van der Waals surface area contributed by atoms with Gasteiger partial charge in [0.05, 0.1) is 5.69 Å². The molecule has 0 unspecified atom stereocenters. The van der Waals surface area contributed by atoms with Gasteiger partial charge in [0.2, 0.25) is 0 Å². The number of H-pyrrole nitrogens is 1. The average molecular weight is 317 g/mol. The minimum atomic E-state index is -0.442. The van der Waals surface area contributed by atoms with E-state index in [0.29, 0.717) is 5.69 Å². The Labute approximate surface area is 138 Å². The normalized spacial score (nSPS) is 10.7. The Balaban J connectivity index is 1.76. The van der Waals surface area contributed by atoms with Gasteiger partial charge in [-0.2, -0.15) is 0 Å². The first-order chi connectivity index (χ1) is 11.7. The molecule has 5 nitrogen and oxygen atoms in total. The molecule has 24 heavy (non-hydrogen) atoms. The molecule has 0 fully saturated rings. The Hall–Kier alpha value is -3.47. The Bertz CT molecular complexity index is 930. The van der Waals surface area contributed by atoms with Crippen molar-refractivity contribution < 1.29 is 4.79 Å². The van der Waals surface area contributed by atoms with Crippen LogP contribution < -0.4 is 10.9 Å². The van der Waals surface area contributed by atoms with Crippen molar-refractivity contribution in [1.29, 1.82) is 0 Å². The quantitative estimate of drug-likeness (QED) is 0.776. The van der Waals surface area contributed by atoms with E-state index in [1.807, 2.05) is 48.6 Å². The Kier molecular flexibility index (Phi) is 4.62. The Morgan fingerprint density at radius 3 is 2.75 bits per heavy atom. The molecule has 0 aliphatic carbocycles. The number of carbonyl (C=O) groups is 1. The van der Waals surface area contributed by atoms with Crippen LogP contribution in [0, 0.1) is 0 Å². The summed E-state index contributed by atoms with van der Waals surface area (Å²) in [5.74, 6) is -0.442. The summed E-state index contributed by atoms with van der Waals surface area (Å²) in [6.45, 7) is 0. The number of carbonyl (C=O) groups excluding carboxylic acids is 1. The number of nitrogens with one attached hydrogen (secondary N) is 2. The predicted octanol–water partition coefficient (Wildman–Crippen LogP) is 3.19. The fourth-order valence-electron chi connectivity index (χ4n) is 2.18. The maximum atomic E-state index is 12.2. The molecule has 0 atom stereocenters. The number of pyridine rings is 2. The number of rotatable bonds is 4. The van der Waals surface area contributed by atoms with Crippen molar-refractivity contribution in [3.8, 4) is 0 Å². The SMILES string of the molecule is O=C(Nc1cccc(C=Cc2ccccn2)c1)c1ccc[nH]c1=O. The Morgan fingerprint density at radius 1 is 1.04 bits per heavy atom. The van der Waals surface area contributed by atoms with E-state index in [1.165, 1.54) is 12.3 Å². The molecule has 1 aromatic carbocycles. The molecule has 0 saturated heterocycles. The van der Waals surface area contributed by atoms with Gasteiger partial charge in [-0.3, -0.25) is 14.6 Å². The third-order valence-electron chi connectivity index (χ3n) is 3.34. The summed E-state index contributed by atoms with van der Waals surface area (Å²) in [4.78, 5) is 30.5. The van der Waals surface area contributed by atoms with E-state index in [-0.39, 0.29) is 5.56 Å². The van der Waals surface area contributed by atoms with E-state index < -0.39 is 11.5 Å². The second kappa shape index (κ2) is 7.19. The number of nitrogens with zero attached hydrogens (tertiary/aromatic N) is 1. The molecule has 3 aromatic rings. The lowest BCUT2D eigenvalue weighted by molar-refractivity contribution is 0.102. The first-order valence-corrected chi connectivity index (χ1v) is 7.40. The Morgan fingerprint density at radius 2 is 1.96 bits per heavy atom. The van der Waals surface area contributed by atoms with Crippen molar-refractivity contribution in [1.82, 2.24) is 9.97 Å². The van der Waals surface area contributed by atoms with Gasteiger partial charge >= 0.3 is 0 Å². The van der Waals surface area contributed by atoms with E-state index >= 15 is 0 Å². The molecule has 2 N–H and O–H groups in total. The highest BCUT2D eigenvalue weighted by Crippen LogP contribution is 2.14. The monoisotopic (exact) mass is 317 g/mol. The molecule has 1 amide bonds. The van der Waals surface area contributed by atoms with E-state index in [0.717, 1.165) is 11.3 Å². The van der Waals surface area contributed by atoms with Crippen molar-refractivity contribution in [2.24, 2.45) is 0 Å². The lowest BCUT2D eigenvalue weighted by Crippen LogP contribution is -2.22. The van der Waals surface area contributed by atoms with Crippen molar-refractivity contribution >= 4 is 23.7 Å². The molecule has 0 bridgehead atoms. The van der Waals surface area contributed by atoms with Gasteiger partial charge in [-0.1, -0.05) is 24.3 Å². The van der Waals surface area contributed by atoms with Crippen LogP contribution >= 0.6 is 0 Å². The van der Waals surface area contributed by atoms with Gasteiger partial charge in [0.1, 0.15) is 5.56 Å². The lowest BCUT2D eigenvalue weighted by atomic mass is 10.1. The van der Waals surface area contributed by atoms with Gasteiger partial charge in [-0.05, 0) is 48.0 Å². The smallest absolute Gasteiger partial charge is 0.261 e. The number of aromatic nitrogens is 2. The van der Waals surface area contributed by atoms with Gasteiger partial charge in [0, 0.05) is 18.1 Å². The largest absolute Gasteiger partial charge is 0.328 e. The summed E-state index contributed by atoms with van der Waals surface area (Å²) in [6, 6.07) is 16.1. The van der Waals surface area contributed by atoms with Crippen molar-refractivity contribution in [2.75, 3.05) is 5.32 Å². The molecule has 5 heteroatoms. The second-order valence-electron chi connectivity index (χ2n) is 5.08. The zero-order chi connectivity index (χ0) is 16.8. The summed E-state index contributed by atoms with van der Waals surface area (Å²) >= 11 is 0. The van der Waals surface area contributed by atoms with Crippen molar-refractivity contribution in [3.05, 3.63) is 94.2 Å². The number of amides is 1. The molecule has 118 valence electrons. The molecular weight excluding hydrogens is 302 g/mol. The maximum absolute atomic E-state index is 12.2. The molecular formula is C19H15N3O2. The molecule has 0 radical (unpaired) electrons. The minimum absolute atomic E-state index is 0.0759.